The molecule has 1 aliphatic rings. The van der Waals surface area contributed by atoms with Gasteiger partial charge in [0, 0.05) is 43.3 Å². The number of nitrogens with zero attached hydrogens (tertiary/aromatic N) is 6. The van der Waals surface area contributed by atoms with E-state index in [2.05, 4.69) is 47.4 Å². The van der Waals surface area contributed by atoms with Crippen LogP contribution in [0.15, 0.2) is 48.9 Å². The van der Waals surface area contributed by atoms with Crippen LogP contribution in [-0.2, 0) is 4.74 Å². The number of nitrogens with one attached hydrogen (secondary N) is 2. The number of alkyl carbamates (subject to hydrolysis) is 1. The minimum absolute atomic E-state index is 0.0894. The molecular weight excluding hydrogens is 542 g/mol. The van der Waals surface area contributed by atoms with Gasteiger partial charge in [-0.15, -0.1) is 0 Å². The molecule has 1 amide bonds. The lowest BCUT2D eigenvalue weighted by Crippen LogP contribution is -2.44. The number of piperazine rings is 1. The molecular formula is C30H34F2N8O2. The van der Waals surface area contributed by atoms with Gasteiger partial charge in [0.25, 0.3) is 0 Å². The highest BCUT2D eigenvalue weighted by atomic mass is 19.1. The molecule has 0 spiro atoms. The molecule has 3 aromatic heterocycles. The number of ether oxygens (including phenoxy) is 1. The monoisotopic (exact) mass is 576 g/mol. The third kappa shape index (κ3) is 6.71. The SMILES string of the molecule is CC(NC(=O)OC(C)(C)C)c1ccnc2c(F)cc(-c3nc(Nc4ccc(N5CCN(C)CC5)cn4)ncc3F)cc12. The standard InChI is InChI=1S/C30H34F2N8O2/c1-18(36-29(41)42-30(2,3)4)21-8-9-33-27-22(21)14-19(15-23(27)31)26-24(32)17-35-28(38-26)37-25-7-6-20(16-34-25)40-12-10-39(5)11-13-40/h6-9,14-18H,10-13H2,1-5H3,(H,36,41)(H,34,35,37,38). The van der Waals surface area contributed by atoms with Crippen LogP contribution in [0.1, 0.15) is 39.3 Å². The summed E-state index contributed by atoms with van der Waals surface area (Å²) in [5.74, 6) is -0.771. The van der Waals surface area contributed by atoms with Gasteiger partial charge in [0.05, 0.1) is 24.1 Å². The molecule has 0 bridgehead atoms. The number of anilines is 3. The number of likely N-dealkylation sites (N-methyl/N-ethyl adjacent to an activating group) is 1. The van der Waals surface area contributed by atoms with Gasteiger partial charge in [-0.25, -0.2) is 28.5 Å². The maximum Gasteiger partial charge on any atom is 0.408 e. The summed E-state index contributed by atoms with van der Waals surface area (Å²) in [6.45, 7) is 10.9. The number of pyridine rings is 2. The fraction of sp³-hybridized carbons (Fsp3) is 0.367. The Hall–Kier alpha value is -4.45. The maximum absolute atomic E-state index is 15.3. The number of fused-ring (bicyclic) bond motifs is 1. The third-order valence-corrected chi connectivity index (χ3v) is 6.91. The minimum Gasteiger partial charge on any atom is -0.444 e. The molecule has 220 valence electrons. The number of aromatic nitrogens is 4. The summed E-state index contributed by atoms with van der Waals surface area (Å²) in [6.07, 6.45) is 3.66. The molecule has 1 atom stereocenters. The molecule has 5 rings (SSSR count). The number of halogens is 2. The van der Waals surface area contributed by atoms with Gasteiger partial charge < -0.3 is 25.2 Å². The molecule has 12 heteroatoms. The summed E-state index contributed by atoms with van der Waals surface area (Å²) in [7, 11) is 2.10. The fourth-order valence-corrected chi connectivity index (χ4v) is 4.76. The van der Waals surface area contributed by atoms with Crippen LogP contribution >= 0.6 is 0 Å². The van der Waals surface area contributed by atoms with Gasteiger partial charge >= 0.3 is 6.09 Å². The zero-order valence-corrected chi connectivity index (χ0v) is 24.3. The van der Waals surface area contributed by atoms with Crippen molar-refractivity contribution in [1.82, 2.24) is 30.2 Å². The second-order valence-corrected chi connectivity index (χ2v) is 11.3. The topological polar surface area (TPSA) is 108 Å². The number of carbonyl (C=O) groups excluding carboxylic acids is 1. The Morgan fingerprint density at radius 1 is 1.00 bits per heavy atom. The van der Waals surface area contributed by atoms with E-state index in [9.17, 15) is 4.79 Å². The molecule has 0 saturated carbocycles. The molecule has 4 heterocycles. The lowest BCUT2D eigenvalue weighted by atomic mass is 9.99. The van der Waals surface area contributed by atoms with Crippen molar-refractivity contribution in [1.29, 1.82) is 0 Å². The highest BCUT2D eigenvalue weighted by Gasteiger charge is 2.21. The van der Waals surface area contributed by atoms with Gasteiger partial charge in [-0.05, 0) is 70.6 Å². The highest BCUT2D eigenvalue weighted by Crippen LogP contribution is 2.31. The molecule has 4 aromatic rings. The van der Waals surface area contributed by atoms with E-state index in [-0.39, 0.29) is 22.7 Å². The summed E-state index contributed by atoms with van der Waals surface area (Å²) in [4.78, 5) is 33.9. The molecule has 1 unspecified atom stereocenters. The van der Waals surface area contributed by atoms with Crippen molar-refractivity contribution < 1.29 is 18.3 Å². The fourth-order valence-electron chi connectivity index (χ4n) is 4.76. The van der Waals surface area contributed by atoms with E-state index in [4.69, 9.17) is 4.74 Å². The molecule has 1 aromatic carbocycles. The second-order valence-electron chi connectivity index (χ2n) is 11.3. The van der Waals surface area contributed by atoms with Gasteiger partial charge in [0.2, 0.25) is 5.95 Å². The second kappa shape index (κ2) is 11.8. The van der Waals surface area contributed by atoms with Gasteiger partial charge in [0.1, 0.15) is 28.4 Å². The number of hydrogen-bond acceptors (Lipinski definition) is 9. The van der Waals surface area contributed by atoms with E-state index in [1.54, 1.807) is 46.0 Å². The predicted molar refractivity (Wildman–Crippen MR) is 158 cm³/mol. The first-order chi connectivity index (χ1) is 20.0. The predicted octanol–water partition coefficient (Wildman–Crippen LogP) is 5.45. The molecule has 10 nitrogen and oxygen atoms in total. The van der Waals surface area contributed by atoms with Crippen LogP contribution < -0.4 is 15.5 Å². The van der Waals surface area contributed by atoms with Crippen LogP contribution in [0.2, 0.25) is 0 Å². The van der Waals surface area contributed by atoms with Gasteiger partial charge in [-0.1, -0.05) is 0 Å². The number of amides is 1. The Kier molecular flexibility index (Phi) is 8.17. The normalized spacial score (nSPS) is 15.0. The van der Waals surface area contributed by atoms with Gasteiger partial charge in [-0.3, -0.25) is 4.98 Å². The van der Waals surface area contributed by atoms with Crippen LogP contribution in [0.5, 0.6) is 0 Å². The Morgan fingerprint density at radius 3 is 2.45 bits per heavy atom. The van der Waals surface area contributed by atoms with E-state index < -0.39 is 29.4 Å². The quantitative estimate of drug-likeness (QED) is 0.310. The molecule has 1 aliphatic heterocycles. The van der Waals surface area contributed by atoms with E-state index in [1.165, 1.54) is 12.3 Å². The Labute approximate surface area is 243 Å². The van der Waals surface area contributed by atoms with Crippen LogP contribution in [0.4, 0.5) is 31.0 Å². The molecule has 1 fully saturated rings. The van der Waals surface area contributed by atoms with Crippen LogP contribution in [0, 0.1) is 11.6 Å². The Bertz CT molecular complexity index is 1590. The van der Waals surface area contributed by atoms with E-state index >= 15 is 8.78 Å². The third-order valence-electron chi connectivity index (χ3n) is 6.91. The van der Waals surface area contributed by atoms with Crippen LogP contribution in [0.25, 0.3) is 22.2 Å². The summed E-state index contributed by atoms with van der Waals surface area (Å²) in [5, 5.41) is 6.18. The van der Waals surface area contributed by atoms with E-state index in [1.807, 2.05) is 12.1 Å². The van der Waals surface area contributed by atoms with E-state index in [0.29, 0.717) is 16.8 Å². The molecule has 2 N–H and O–H groups in total. The molecule has 1 saturated heterocycles. The molecule has 42 heavy (non-hydrogen) atoms. The largest absolute Gasteiger partial charge is 0.444 e. The lowest BCUT2D eigenvalue weighted by Gasteiger charge is -2.33. The smallest absolute Gasteiger partial charge is 0.408 e. The van der Waals surface area contributed by atoms with Crippen LogP contribution in [-0.4, -0.2) is 69.8 Å². The van der Waals surface area contributed by atoms with Gasteiger partial charge in [0.15, 0.2) is 5.82 Å². The van der Waals surface area contributed by atoms with Crippen molar-refractivity contribution in [3.05, 3.63) is 66.1 Å². The maximum atomic E-state index is 15.3. The summed E-state index contributed by atoms with van der Waals surface area (Å²) in [6, 6.07) is 7.69. The average Bonchev–Trinajstić information content (AvgIpc) is 2.93. The van der Waals surface area contributed by atoms with Crippen molar-refractivity contribution in [3.8, 4) is 11.3 Å². The summed E-state index contributed by atoms with van der Waals surface area (Å²) in [5.41, 5.74) is 1.11. The number of carbonyl (C=O) groups is 1. The first-order valence-electron chi connectivity index (χ1n) is 13.7. The highest BCUT2D eigenvalue weighted by molar-refractivity contribution is 5.88. The van der Waals surface area contributed by atoms with Crippen molar-refractivity contribution in [2.75, 3.05) is 43.4 Å². The van der Waals surface area contributed by atoms with Crippen LogP contribution in [0.3, 0.4) is 0 Å². The number of hydrogen-bond donors (Lipinski definition) is 2. The van der Waals surface area contributed by atoms with Crippen molar-refractivity contribution in [2.24, 2.45) is 0 Å². The zero-order valence-electron chi connectivity index (χ0n) is 24.3. The van der Waals surface area contributed by atoms with E-state index in [0.717, 1.165) is 38.1 Å². The van der Waals surface area contributed by atoms with Crippen molar-refractivity contribution in [2.45, 2.75) is 39.3 Å². The van der Waals surface area contributed by atoms with Crippen molar-refractivity contribution in [3.63, 3.8) is 0 Å². The number of benzene rings is 1. The average molecular weight is 577 g/mol. The first kappa shape index (κ1) is 29.1. The Balaban J connectivity index is 1.40. The summed E-state index contributed by atoms with van der Waals surface area (Å²) < 4.78 is 35.6. The molecule has 0 radical (unpaired) electrons. The van der Waals surface area contributed by atoms with Gasteiger partial charge in [-0.2, -0.15) is 0 Å². The minimum atomic E-state index is -0.719. The zero-order chi connectivity index (χ0) is 30.0. The lowest BCUT2D eigenvalue weighted by molar-refractivity contribution is 0.0508. The first-order valence-corrected chi connectivity index (χ1v) is 13.7. The number of rotatable bonds is 6. The molecule has 0 aliphatic carbocycles. The van der Waals surface area contributed by atoms with Crippen molar-refractivity contribution >= 4 is 34.4 Å². The Morgan fingerprint density at radius 2 is 1.76 bits per heavy atom. The summed E-state index contributed by atoms with van der Waals surface area (Å²) >= 11 is 0.